The van der Waals surface area contributed by atoms with Crippen LogP contribution in [0.5, 0.6) is 5.75 Å². The maximum absolute atomic E-state index is 12.8. The van der Waals surface area contributed by atoms with Crippen LogP contribution in [0.1, 0.15) is 18.0 Å². The molecule has 4 rings (SSSR count). The molecular weight excluding hydrogens is 420 g/mol. The molecule has 3 aromatic rings. The largest absolute Gasteiger partial charge is 0.483 e. The van der Waals surface area contributed by atoms with Crippen LogP contribution in [-0.2, 0) is 14.4 Å². The topological polar surface area (TPSA) is 101 Å². The van der Waals surface area contributed by atoms with Gasteiger partial charge in [0, 0.05) is 31.4 Å². The van der Waals surface area contributed by atoms with Gasteiger partial charge in [0.05, 0.1) is 12.0 Å². The van der Waals surface area contributed by atoms with Gasteiger partial charge < -0.3 is 9.64 Å². The molecule has 168 valence electrons. The van der Waals surface area contributed by atoms with E-state index in [9.17, 15) is 14.4 Å². The number of hydrazine groups is 1. The summed E-state index contributed by atoms with van der Waals surface area (Å²) in [6.45, 7) is -0.278. The van der Waals surface area contributed by atoms with E-state index in [1.165, 1.54) is 4.90 Å². The number of benzene rings is 2. The Kier molecular flexibility index (Phi) is 6.64. The third kappa shape index (κ3) is 5.01. The second-order valence-electron chi connectivity index (χ2n) is 7.73. The zero-order valence-electron chi connectivity index (χ0n) is 18.1. The summed E-state index contributed by atoms with van der Waals surface area (Å²) >= 11 is 0. The first-order chi connectivity index (χ1) is 16.0. The molecule has 3 amide bonds. The van der Waals surface area contributed by atoms with E-state index in [1.807, 2.05) is 54.6 Å². The first kappa shape index (κ1) is 22.0. The molecule has 0 saturated carbocycles. The second kappa shape index (κ2) is 9.95. The Labute approximate surface area is 191 Å². The predicted octanol–water partition coefficient (Wildman–Crippen LogP) is 2.49. The number of rotatable bonds is 6. The highest BCUT2D eigenvalue weighted by molar-refractivity contribution is 5.91. The Morgan fingerprint density at radius 3 is 2.55 bits per heavy atom. The van der Waals surface area contributed by atoms with Crippen LogP contribution < -0.4 is 15.6 Å². The molecule has 8 heteroatoms. The number of pyridine rings is 1. The maximum atomic E-state index is 12.8. The molecular formula is C25H24N4O4. The van der Waals surface area contributed by atoms with Crippen LogP contribution in [-0.4, -0.2) is 41.3 Å². The van der Waals surface area contributed by atoms with Gasteiger partial charge in [-0.15, -0.1) is 0 Å². The van der Waals surface area contributed by atoms with E-state index in [0.29, 0.717) is 5.75 Å². The lowest BCUT2D eigenvalue weighted by Crippen LogP contribution is -2.47. The Morgan fingerprint density at radius 1 is 1.03 bits per heavy atom. The summed E-state index contributed by atoms with van der Waals surface area (Å²) in [4.78, 5) is 43.0. The van der Waals surface area contributed by atoms with Crippen LogP contribution in [0.4, 0.5) is 0 Å². The third-order valence-corrected chi connectivity index (χ3v) is 5.60. The lowest BCUT2D eigenvalue weighted by molar-refractivity contribution is -0.132. The molecule has 1 aromatic heterocycles. The number of ether oxygens (including phenoxy) is 1. The molecule has 0 bridgehead atoms. The smallest absolute Gasteiger partial charge is 0.276 e. The van der Waals surface area contributed by atoms with Gasteiger partial charge >= 0.3 is 0 Å². The lowest BCUT2D eigenvalue weighted by atomic mass is 9.94. The van der Waals surface area contributed by atoms with Crippen molar-refractivity contribution < 1.29 is 19.1 Å². The first-order valence-electron chi connectivity index (χ1n) is 10.6. The van der Waals surface area contributed by atoms with Crippen molar-refractivity contribution in [1.29, 1.82) is 0 Å². The van der Waals surface area contributed by atoms with E-state index >= 15 is 0 Å². The Bertz CT molecular complexity index is 1140. The van der Waals surface area contributed by atoms with Gasteiger partial charge in [-0.2, -0.15) is 0 Å². The fourth-order valence-corrected chi connectivity index (χ4v) is 3.96. The SMILES string of the molecule is CN1C(=O)C[C@@H](C(=O)NNC(=O)COc2ccccc2-c2ccccc2)[C@@H]1c1cccnc1. The van der Waals surface area contributed by atoms with Crippen LogP contribution in [0.25, 0.3) is 11.1 Å². The van der Waals surface area contributed by atoms with E-state index in [0.717, 1.165) is 16.7 Å². The van der Waals surface area contributed by atoms with E-state index in [-0.39, 0.29) is 18.9 Å². The number of hydrogen-bond acceptors (Lipinski definition) is 5. The van der Waals surface area contributed by atoms with Gasteiger partial charge in [-0.25, -0.2) is 0 Å². The first-order valence-corrected chi connectivity index (χ1v) is 10.6. The number of carbonyl (C=O) groups excluding carboxylic acids is 3. The molecule has 0 radical (unpaired) electrons. The summed E-state index contributed by atoms with van der Waals surface area (Å²) in [6.07, 6.45) is 3.32. The second-order valence-corrected chi connectivity index (χ2v) is 7.73. The highest BCUT2D eigenvalue weighted by atomic mass is 16.5. The van der Waals surface area contributed by atoms with E-state index in [2.05, 4.69) is 15.8 Å². The number of hydrogen-bond donors (Lipinski definition) is 2. The molecule has 1 fully saturated rings. The van der Waals surface area contributed by atoms with Crippen LogP contribution in [0.15, 0.2) is 79.1 Å². The predicted molar refractivity (Wildman–Crippen MR) is 122 cm³/mol. The summed E-state index contributed by atoms with van der Waals surface area (Å²) in [5.41, 5.74) is 7.41. The molecule has 0 unspecified atom stereocenters. The molecule has 1 aliphatic rings. The Morgan fingerprint density at radius 2 is 1.79 bits per heavy atom. The number of carbonyl (C=O) groups is 3. The van der Waals surface area contributed by atoms with Crippen LogP contribution in [0.3, 0.4) is 0 Å². The monoisotopic (exact) mass is 444 g/mol. The van der Waals surface area contributed by atoms with Crippen LogP contribution in [0, 0.1) is 5.92 Å². The summed E-state index contributed by atoms with van der Waals surface area (Å²) in [6, 6.07) is 20.3. The fourth-order valence-electron chi connectivity index (χ4n) is 3.96. The van der Waals surface area contributed by atoms with Gasteiger partial charge in [0.1, 0.15) is 5.75 Å². The minimum Gasteiger partial charge on any atom is -0.483 e. The average Bonchev–Trinajstić information content (AvgIpc) is 3.16. The van der Waals surface area contributed by atoms with Crippen LogP contribution >= 0.6 is 0 Å². The summed E-state index contributed by atoms with van der Waals surface area (Å²) < 4.78 is 5.70. The zero-order chi connectivity index (χ0) is 23.2. The van der Waals surface area contributed by atoms with E-state index in [1.54, 1.807) is 31.6 Å². The Balaban J connectivity index is 1.35. The number of likely N-dealkylation sites (tertiary alicyclic amines) is 1. The van der Waals surface area contributed by atoms with Gasteiger partial charge in [-0.3, -0.25) is 30.2 Å². The molecule has 8 nitrogen and oxygen atoms in total. The summed E-state index contributed by atoms with van der Waals surface area (Å²) in [5.74, 6) is -1.19. The molecule has 2 heterocycles. The third-order valence-electron chi connectivity index (χ3n) is 5.60. The number of nitrogens with zero attached hydrogens (tertiary/aromatic N) is 2. The molecule has 2 aromatic carbocycles. The van der Waals surface area contributed by atoms with Crippen molar-refractivity contribution in [1.82, 2.24) is 20.7 Å². The van der Waals surface area contributed by atoms with Crippen molar-refractivity contribution in [2.75, 3.05) is 13.7 Å². The zero-order valence-corrected chi connectivity index (χ0v) is 18.1. The van der Waals surface area contributed by atoms with Gasteiger partial charge in [-0.1, -0.05) is 54.6 Å². The van der Waals surface area contributed by atoms with Gasteiger partial charge in [0.15, 0.2) is 6.61 Å². The molecule has 1 aliphatic heterocycles. The van der Waals surface area contributed by atoms with Crippen molar-refractivity contribution >= 4 is 17.7 Å². The van der Waals surface area contributed by atoms with E-state index in [4.69, 9.17) is 4.74 Å². The van der Waals surface area contributed by atoms with Gasteiger partial charge in [0.25, 0.3) is 5.91 Å². The van der Waals surface area contributed by atoms with Crippen LogP contribution in [0.2, 0.25) is 0 Å². The van der Waals surface area contributed by atoms with Gasteiger partial charge in [-0.05, 0) is 23.3 Å². The number of amides is 3. The number of aromatic nitrogens is 1. The minimum atomic E-state index is -0.647. The normalized spacial score (nSPS) is 17.5. The molecule has 1 saturated heterocycles. The standard InChI is InChI=1S/C25H24N4O4/c1-29-23(31)14-20(24(29)18-10-7-13-26-15-18)25(32)28-27-22(30)16-33-21-12-6-5-11-19(21)17-8-3-2-4-9-17/h2-13,15,20,24H,14,16H2,1H3,(H,27,30)(H,28,32)/t20-,24+/m1/s1. The average molecular weight is 444 g/mol. The van der Waals surface area contributed by atoms with E-state index < -0.39 is 23.8 Å². The molecule has 0 aliphatic carbocycles. The Hall–Kier alpha value is -4.20. The van der Waals surface area contributed by atoms with Crippen molar-refractivity contribution in [3.63, 3.8) is 0 Å². The molecule has 2 N–H and O–H groups in total. The fraction of sp³-hybridized carbons (Fsp3) is 0.200. The maximum Gasteiger partial charge on any atom is 0.276 e. The highest BCUT2D eigenvalue weighted by Crippen LogP contribution is 2.36. The lowest BCUT2D eigenvalue weighted by Gasteiger charge is -2.24. The van der Waals surface area contributed by atoms with Crippen molar-refractivity contribution in [2.45, 2.75) is 12.5 Å². The molecule has 0 spiro atoms. The molecule has 33 heavy (non-hydrogen) atoms. The number of para-hydroxylation sites is 1. The quantitative estimate of drug-likeness (QED) is 0.569. The highest BCUT2D eigenvalue weighted by Gasteiger charge is 2.42. The molecule has 2 atom stereocenters. The van der Waals surface area contributed by atoms with Crippen molar-refractivity contribution in [2.24, 2.45) is 5.92 Å². The summed E-state index contributed by atoms with van der Waals surface area (Å²) in [7, 11) is 1.66. The van der Waals surface area contributed by atoms with Crippen molar-refractivity contribution in [3.8, 4) is 16.9 Å². The minimum absolute atomic E-state index is 0.0543. The number of nitrogens with one attached hydrogen (secondary N) is 2. The van der Waals surface area contributed by atoms with Gasteiger partial charge in [0.2, 0.25) is 11.8 Å². The van der Waals surface area contributed by atoms with Crippen molar-refractivity contribution in [3.05, 3.63) is 84.7 Å². The summed E-state index contributed by atoms with van der Waals surface area (Å²) in [5, 5.41) is 0.